The van der Waals surface area contributed by atoms with Crippen LogP contribution in [-0.2, 0) is 6.42 Å². The molecule has 2 aromatic rings. The number of benzene rings is 1. The predicted molar refractivity (Wildman–Crippen MR) is 58.5 cm³/mol. The molecule has 1 heterocycles. The molecule has 0 bridgehead atoms. The van der Waals surface area contributed by atoms with Gasteiger partial charge in [0.05, 0.1) is 12.4 Å². The van der Waals surface area contributed by atoms with Crippen LogP contribution in [0.3, 0.4) is 0 Å². The van der Waals surface area contributed by atoms with Gasteiger partial charge < -0.3 is 5.11 Å². The van der Waals surface area contributed by atoms with Gasteiger partial charge in [-0.15, -0.1) is 0 Å². The summed E-state index contributed by atoms with van der Waals surface area (Å²) in [5.74, 6) is 0.730. The average Bonchev–Trinajstić information content (AvgIpc) is 2.30. The minimum Gasteiger partial charge on any atom is -0.505 e. The van der Waals surface area contributed by atoms with Crippen LogP contribution in [0.15, 0.2) is 36.7 Å². The van der Waals surface area contributed by atoms with Crippen LogP contribution in [0.1, 0.15) is 12.5 Å². The Hall–Kier alpha value is -1.90. The number of aromatic nitrogens is 2. The van der Waals surface area contributed by atoms with Crippen molar-refractivity contribution in [2.24, 2.45) is 0 Å². The first-order valence-electron chi connectivity index (χ1n) is 4.90. The molecule has 0 aliphatic carbocycles. The maximum atomic E-state index is 9.08. The van der Waals surface area contributed by atoms with Gasteiger partial charge in [-0.25, -0.2) is 9.97 Å². The van der Waals surface area contributed by atoms with Crippen LogP contribution in [-0.4, -0.2) is 15.1 Å². The summed E-state index contributed by atoms with van der Waals surface area (Å²) in [6.45, 7) is 2.11. The zero-order valence-corrected chi connectivity index (χ0v) is 8.51. The molecular formula is C12H12N2O. The minimum absolute atomic E-state index is 0.0883. The highest BCUT2D eigenvalue weighted by Gasteiger charge is 2.01. The van der Waals surface area contributed by atoms with Crippen LogP contribution in [0.5, 0.6) is 5.75 Å². The van der Waals surface area contributed by atoms with E-state index in [0.717, 1.165) is 12.0 Å². The lowest BCUT2D eigenvalue weighted by atomic mass is 10.1. The Labute approximate surface area is 88.5 Å². The molecule has 0 spiro atoms. The van der Waals surface area contributed by atoms with Crippen LogP contribution in [0.25, 0.3) is 11.4 Å². The standard InChI is InChI=1S/C12H12N2O/c1-2-9-4-3-5-10(6-9)12-13-7-11(15)8-14-12/h3-8,15H,2H2,1H3. The van der Waals surface area contributed by atoms with Crippen molar-refractivity contribution in [3.05, 3.63) is 42.2 Å². The van der Waals surface area contributed by atoms with Crippen LogP contribution in [0.4, 0.5) is 0 Å². The summed E-state index contributed by atoms with van der Waals surface area (Å²) in [6, 6.07) is 8.09. The molecule has 3 heteroatoms. The third-order valence-electron chi connectivity index (χ3n) is 2.23. The number of hydrogen-bond donors (Lipinski definition) is 1. The van der Waals surface area contributed by atoms with Gasteiger partial charge in [0, 0.05) is 5.56 Å². The third kappa shape index (κ3) is 2.13. The summed E-state index contributed by atoms with van der Waals surface area (Å²) < 4.78 is 0. The molecule has 0 saturated heterocycles. The second kappa shape index (κ2) is 4.09. The summed E-state index contributed by atoms with van der Waals surface area (Å²) in [6.07, 6.45) is 3.80. The number of aryl methyl sites for hydroxylation is 1. The van der Waals surface area contributed by atoms with Gasteiger partial charge in [0.25, 0.3) is 0 Å². The molecule has 2 rings (SSSR count). The second-order valence-corrected chi connectivity index (χ2v) is 3.32. The predicted octanol–water partition coefficient (Wildman–Crippen LogP) is 2.41. The minimum atomic E-state index is 0.0883. The molecule has 0 radical (unpaired) electrons. The van der Waals surface area contributed by atoms with Crippen LogP contribution in [0, 0.1) is 0 Å². The lowest BCUT2D eigenvalue weighted by Gasteiger charge is -2.02. The lowest BCUT2D eigenvalue weighted by Crippen LogP contribution is -1.88. The molecule has 0 fully saturated rings. The normalized spacial score (nSPS) is 10.2. The molecular weight excluding hydrogens is 188 g/mol. The van der Waals surface area contributed by atoms with E-state index >= 15 is 0 Å². The molecule has 3 nitrogen and oxygen atoms in total. The third-order valence-corrected chi connectivity index (χ3v) is 2.23. The van der Waals surface area contributed by atoms with Crippen molar-refractivity contribution in [2.45, 2.75) is 13.3 Å². The fourth-order valence-electron chi connectivity index (χ4n) is 1.40. The second-order valence-electron chi connectivity index (χ2n) is 3.32. The maximum absolute atomic E-state index is 9.08. The molecule has 1 N–H and O–H groups in total. The molecule has 0 saturated carbocycles. The fourth-order valence-corrected chi connectivity index (χ4v) is 1.40. The number of nitrogens with zero attached hydrogens (tertiary/aromatic N) is 2. The highest BCUT2D eigenvalue weighted by molar-refractivity contribution is 5.55. The largest absolute Gasteiger partial charge is 0.505 e. The van der Waals surface area contributed by atoms with Gasteiger partial charge in [-0.05, 0) is 18.1 Å². The van der Waals surface area contributed by atoms with Gasteiger partial charge in [0.1, 0.15) is 0 Å². The Bertz CT molecular complexity index is 451. The Morgan fingerprint density at radius 2 is 1.93 bits per heavy atom. The van der Waals surface area contributed by atoms with Gasteiger partial charge in [-0.2, -0.15) is 0 Å². The van der Waals surface area contributed by atoms with E-state index in [1.165, 1.54) is 18.0 Å². The first-order valence-corrected chi connectivity index (χ1v) is 4.90. The number of aromatic hydroxyl groups is 1. The van der Waals surface area contributed by atoms with E-state index in [0.29, 0.717) is 5.82 Å². The van der Waals surface area contributed by atoms with Gasteiger partial charge in [0.15, 0.2) is 11.6 Å². The lowest BCUT2D eigenvalue weighted by molar-refractivity contribution is 0.470. The Morgan fingerprint density at radius 1 is 1.20 bits per heavy atom. The topological polar surface area (TPSA) is 46.0 Å². The van der Waals surface area contributed by atoms with Gasteiger partial charge in [-0.1, -0.05) is 25.1 Å². The van der Waals surface area contributed by atoms with Crippen molar-refractivity contribution in [1.29, 1.82) is 0 Å². The quantitative estimate of drug-likeness (QED) is 0.809. The van der Waals surface area contributed by atoms with Gasteiger partial charge in [-0.3, -0.25) is 0 Å². The van der Waals surface area contributed by atoms with Crippen LogP contribution in [0.2, 0.25) is 0 Å². The van der Waals surface area contributed by atoms with E-state index in [1.807, 2.05) is 12.1 Å². The summed E-state index contributed by atoms with van der Waals surface area (Å²) in [4.78, 5) is 8.13. The molecule has 1 aromatic heterocycles. The molecule has 0 amide bonds. The smallest absolute Gasteiger partial charge is 0.159 e. The van der Waals surface area contributed by atoms with Crippen molar-refractivity contribution >= 4 is 0 Å². The first kappa shape index (κ1) is 9.65. The van der Waals surface area contributed by atoms with E-state index < -0.39 is 0 Å². The average molecular weight is 200 g/mol. The molecule has 1 aromatic carbocycles. The highest BCUT2D eigenvalue weighted by atomic mass is 16.3. The molecule has 0 unspecified atom stereocenters. The Kier molecular flexibility index (Phi) is 2.63. The van der Waals surface area contributed by atoms with Crippen molar-refractivity contribution < 1.29 is 5.11 Å². The van der Waals surface area contributed by atoms with Gasteiger partial charge >= 0.3 is 0 Å². The molecule has 15 heavy (non-hydrogen) atoms. The fraction of sp³-hybridized carbons (Fsp3) is 0.167. The van der Waals surface area contributed by atoms with Crippen molar-refractivity contribution in [1.82, 2.24) is 9.97 Å². The summed E-state index contributed by atoms with van der Waals surface area (Å²) >= 11 is 0. The highest BCUT2D eigenvalue weighted by Crippen LogP contribution is 2.17. The van der Waals surface area contributed by atoms with Gasteiger partial charge in [0.2, 0.25) is 0 Å². The first-order chi connectivity index (χ1) is 7.29. The van der Waals surface area contributed by atoms with E-state index in [1.54, 1.807) is 0 Å². The van der Waals surface area contributed by atoms with Crippen LogP contribution >= 0.6 is 0 Å². The van der Waals surface area contributed by atoms with E-state index in [9.17, 15) is 0 Å². The maximum Gasteiger partial charge on any atom is 0.159 e. The number of hydrogen-bond acceptors (Lipinski definition) is 3. The zero-order chi connectivity index (χ0) is 10.7. The van der Waals surface area contributed by atoms with Crippen molar-refractivity contribution in [3.63, 3.8) is 0 Å². The summed E-state index contributed by atoms with van der Waals surface area (Å²) in [5.41, 5.74) is 2.23. The summed E-state index contributed by atoms with van der Waals surface area (Å²) in [5, 5.41) is 9.08. The zero-order valence-electron chi connectivity index (χ0n) is 8.51. The Morgan fingerprint density at radius 3 is 2.60 bits per heavy atom. The molecule has 0 aliphatic heterocycles. The van der Waals surface area contributed by atoms with E-state index in [4.69, 9.17) is 5.11 Å². The van der Waals surface area contributed by atoms with Crippen molar-refractivity contribution in [2.75, 3.05) is 0 Å². The molecule has 0 atom stereocenters. The SMILES string of the molecule is CCc1cccc(-c2ncc(O)cn2)c1. The number of rotatable bonds is 2. The van der Waals surface area contributed by atoms with Crippen molar-refractivity contribution in [3.8, 4) is 17.1 Å². The van der Waals surface area contributed by atoms with Crippen LogP contribution < -0.4 is 0 Å². The monoisotopic (exact) mass is 200 g/mol. The Balaban J connectivity index is 2.40. The summed E-state index contributed by atoms with van der Waals surface area (Å²) in [7, 11) is 0. The van der Waals surface area contributed by atoms with E-state index in [-0.39, 0.29) is 5.75 Å². The molecule has 0 aliphatic rings. The molecule has 76 valence electrons. The van der Waals surface area contributed by atoms with E-state index in [2.05, 4.69) is 29.0 Å².